The molecule has 0 amide bonds. The number of methoxy groups -OCH3 is 1. The number of phenolic OH excluding ortho intramolecular Hbond substituents is 1. The Bertz CT molecular complexity index is 523. The molecule has 2 rings (SSSR count). The van der Waals surface area contributed by atoms with E-state index in [0.29, 0.717) is 12.4 Å². The molecule has 3 nitrogen and oxygen atoms in total. The van der Waals surface area contributed by atoms with Gasteiger partial charge in [-0.15, -0.1) is 0 Å². The maximum atomic E-state index is 9.31. The zero-order chi connectivity index (χ0) is 13.5. The molecule has 0 aromatic heterocycles. The van der Waals surface area contributed by atoms with Gasteiger partial charge in [0, 0.05) is 6.07 Å². The lowest BCUT2D eigenvalue weighted by atomic mass is 10.1. The van der Waals surface area contributed by atoms with Crippen LogP contribution >= 0.6 is 0 Å². The second-order valence-corrected chi connectivity index (χ2v) is 4.30. The fourth-order valence-corrected chi connectivity index (χ4v) is 1.87. The average Bonchev–Trinajstić information content (AvgIpc) is 2.44. The molecule has 0 heterocycles. The maximum Gasteiger partial charge on any atom is 0.122 e. The van der Waals surface area contributed by atoms with Crippen LogP contribution < -0.4 is 9.47 Å². The van der Waals surface area contributed by atoms with Gasteiger partial charge in [-0.2, -0.15) is 0 Å². The van der Waals surface area contributed by atoms with Gasteiger partial charge in [0.2, 0.25) is 0 Å². The Labute approximate surface area is 113 Å². The number of hydrogen-bond acceptors (Lipinski definition) is 3. The number of aromatic hydroxyl groups is 1. The molecular formula is C16H18O3. The van der Waals surface area contributed by atoms with E-state index in [2.05, 4.69) is 6.07 Å². The lowest BCUT2D eigenvalue weighted by Gasteiger charge is -2.07. The highest BCUT2D eigenvalue weighted by atomic mass is 16.5. The fraction of sp³-hybridized carbons (Fsp3) is 0.250. The fourth-order valence-electron chi connectivity index (χ4n) is 1.87. The average molecular weight is 258 g/mol. The third-order valence-electron chi connectivity index (χ3n) is 2.83. The molecule has 0 aliphatic rings. The number of aryl methyl sites for hydroxylation is 1. The molecular weight excluding hydrogens is 240 g/mol. The first-order chi connectivity index (χ1) is 9.28. The van der Waals surface area contributed by atoms with Crippen molar-refractivity contribution in [1.82, 2.24) is 0 Å². The Balaban J connectivity index is 1.77. The van der Waals surface area contributed by atoms with E-state index in [9.17, 15) is 5.11 Å². The van der Waals surface area contributed by atoms with Gasteiger partial charge < -0.3 is 14.6 Å². The summed E-state index contributed by atoms with van der Waals surface area (Å²) in [4.78, 5) is 0. The van der Waals surface area contributed by atoms with Crippen LogP contribution in [0.25, 0.3) is 0 Å². The van der Waals surface area contributed by atoms with E-state index in [1.807, 2.05) is 24.3 Å². The summed E-state index contributed by atoms with van der Waals surface area (Å²) in [5, 5.41) is 9.31. The van der Waals surface area contributed by atoms with E-state index in [1.54, 1.807) is 25.3 Å². The minimum atomic E-state index is 0.227. The van der Waals surface area contributed by atoms with Crippen LogP contribution in [0.5, 0.6) is 17.2 Å². The van der Waals surface area contributed by atoms with Crippen molar-refractivity contribution in [3.05, 3.63) is 54.1 Å². The first-order valence-corrected chi connectivity index (χ1v) is 6.33. The van der Waals surface area contributed by atoms with Crippen molar-refractivity contribution in [2.45, 2.75) is 12.8 Å². The van der Waals surface area contributed by atoms with Crippen LogP contribution in [0.15, 0.2) is 48.5 Å². The van der Waals surface area contributed by atoms with E-state index < -0.39 is 0 Å². The van der Waals surface area contributed by atoms with Gasteiger partial charge in [0.1, 0.15) is 17.2 Å². The van der Waals surface area contributed by atoms with E-state index in [0.717, 1.165) is 18.6 Å². The zero-order valence-corrected chi connectivity index (χ0v) is 11.0. The lowest BCUT2D eigenvalue weighted by molar-refractivity contribution is 0.309. The summed E-state index contributed by atoms with van der Waals surface area (Å²) < 4.78 is 10.8. The van der Waals surface area contributed by atoms with E-state index >= 15 is 0 Å². The molecule has 3 heteroatoms. The SMILES string of the molecule is COc1cccc(CCCOc2cccc(O)c2)c1. The van der Waals surface area contributed by atoms with Gasteiger partial charge in [-0.25, -0.2) is 0 Å². The van der Waals surface area contributed by atoms with E-state index in [1.165, 1.54) is 5.56 Å². The van der Waals surface area contributed by atoms with Gasteiger partial charge in [0.05, 0.1) is 13.7 Å². The Morgan fingerprint density at radius 1 is 1.00 bits per heavy atom. The smallest absolute Gasteiger partial charge is 0.122 e. The summed E-state index contributed by atoms with van der Waals surface area (Å²) in [5.41, 5.74) is 1.24. The summed E-state index contributed by atoms with van der Waals surface area (Å²) in [6.45, 7) is 0.626. The third kappa shape index (κ3) is 4.21. The van der Waals surface area contributed by atoms with E-state index in [4.69, 9.17) is 9.47 Å². The Morgan fingerprint density at radius 2 is 1.79 bits per heavy atom. The number of phenols is 1. The number of ether oxygens (including phenoxy) is 2. The van der Waals surface area contributed by atoms with E-state index in [-0.39, 0.29) is 5.75 Å². The van der Waals surface area contributed by atoms with Crippen molar-refractivity contribution in [2.75, 3.05) is 13.7 Å². The van der Waals surface area contributed by atoms with Gasteiger partial charge in [-0.1, -0.05) is 18.2 Å². The summed E-state index contributed by atoms with van der Waals surface area (Å²) in [5.74, 6) is 1.81. The lowest BCUT2D eigenvalue weighted by Crippen LogP contribution is -1.99. The largest absolute Gasteiger partial charge is 0.508 e. The summed E-state index contributed by atoms with van der Waals surface area (Å²) in [6, 6.07) is 14.9. The standard InChI is InChI=1S/C16H18O3/c1-18-15-8-2-5-13(11-15)6-4-10-19-16-9-3-7-14(17)12-16/h2-3,5,7-9,11-12,17H,4,6,10H2,1H3. The molecule has 0 radical (unpaired) electrons. The summed E-state index contributed by atoms with van der Waals surface area (Å²) in [6.07, 6.45) is 1.86. The molecule has 2 aromatic carbocycles. The number of rotatable bonds is 6. The molecule has 0 aliphatic carbocycles. The maximum absolute atomic E-state index is 9.31. The molecule has 0 fully saturated rings. The molecule has 1 N–H and O–H groups in total. The number of benzene rings is 2. The van der Waals surface area contributed by atoms with Gasteiger partial charge >= 0.3 is 0 Å². The predicted octanol–water partition coefficient (Wildman–Crippen LogP) is 3.41. The van der Waals surface area contributed by atoms with Gasteiger partial charge in [-0.3, -0.25) is 0 Å². The summed E-state index contributed by atoms with van der Waals surface area (Å²) in [7, 11) is 1.67. The molecule has 0 saturated carbocycles. The van der Waals surface area contributed by atoms with Crippen LogP contribution in [0, 0.1) is 0 Å². The highest BCUT2D eigenvalue weighted by Gasteiger charge is 1.98. The second-order valence-electron chi connectivity index (χ2n) is 4.30. The first-order valence-electron chi connectivity index (χ1n) is 6.33. The summed E-state index contributed by atoms with van der Waals surface area (Å²) >= 11 is 0. The zero-order valence-electron chi connectivity index (χ0n) is 11.0. The molecule has 0 saturated heterocycles. The van der Waals surface area contributed by atoms with Crippen LogP contribution in [0.1, 0.15) is 12.0 Å². The van der Waals surface area contributed by atoms with Crippen molar-refractivity contribution in [3.8, 4) is 17.2 Å². The van der Waals surface area contributed by atoms with Crippen LogP contribution in [-0.2, 0) is 6.42 Å². The van der Waals surface area contributed by atoms with Crippen LogP contribution in [-0.4, -0.2) is 18.8 Å². The Kier molecular flexibility index (Phi) is 4.67. The van der Waals surface area contributed by atoms with Crippen LogP contribution in [0.2, 0.25) is 0 Å². The minimum absolute atomic E-state index is 0.227. The van der Waals surface area contributed by atoms with Crippen LogP contribution in [0.4, 0.5) is 0 Å². The van der Waals surface area contributed by atoms with Crippen molar-refractivity contribution < 1.29 is 14.6 Å². The molecule has 0 unspecified atom stereocenters. The van der Waals surface area contributed by atoms with Crippen LogP contribution in [0.3, 0.4) is 0 Å². The highest BCUT2D eigenvalue weighted by Crippen LogP contribution is 2.18. The highest BCUT2D eigenvalue weighted by molar-refractivity contribution is 5.31. The molecule has 2 aromatic rings. The molecule has 0 aliphatic heterocycles. The molecule has 0 atom stereocenters. The number of hydrogen-bond donors (Lipinski definition) is 1. The molecule has 19 heavy (non-hydrogen) atoms. The topological polar surface area (TPSA) is 38.7 Å². The monoisotopic (exact) mass is 258 g/mol. The van der Waals surface area contributed by atoms with Gasteiger partial charge in [0.25, 0.3) is 0 Å². The van der Waals surface area contributed by atoms with Gasteiger partial charge in [-0.05, 0) is 42.7 Å². The second kappa shape index (κ2) is 6.69. The van der Waals surface area contributed by atoms with Crippen molar-refractivity contribution in [3.63, 3.8) is 0 Å². The van der Waals surface area contributed by atoms with Crippen molar-refractivity contribution in [1.29, 1.82) is 0 Å². The predicted molar refractivity (Wildman–Crippen MR) is 74.9 cm³/mol. The normalized spacial score (nSPS) is 10.2. The first kappa shape index (κ1) is 13.3. The molecule has 100 valence electrons. The van der Waals surface area contributed by atoms with Gasteiger partial charge in [0.15, 0.2) is 0 Å². The Hall–Kier alpha value is -2.16. The minimum Gasteiger partial charge on any atom is -0.508 e. The molecule has 0 bridgehead atoms. The molecule has 0 spiro atoms. The Morgan fingerprint density at radius 3 is 2.58 bits per heavy atom. The third-order valence-corrected chi connectivity index (χ3v) is 2.83. The van der Waals surface area contributed by atoms with Crippen molar-refractivity contribution >= 4 is 0 Å². The van der Waals surface area contributed by atoms with Crippen molar-refractivity contribution in [2.24, 2.45) is 0 Å². The quantitative estimate of drug-likeness (QED) is 0.807.